The van der Waals surface area contributed by atoms with Crippen molar-refractivity contribution in [3.8, 4) is 0 Å². The van der Waals surface area contributed by atoms with Crippen molar-refractivity contribution in [3.63, 3.8) is 0 Å². The third-order valence-corrected chi connectivity index (χ3v) is 5.69. The zero-order valence-electron chi connectivity index (χ0n) is 11.1. The van der Waals surface area contributed by atoms with Crippen LogP contribution in [0.3, 0.4) is 0 Å². The van der Waals surface area contributed by atoms with Crippen LogP contribution < -0.4 is 5.19 Å². The molecular weight excluding hydrogens is 248 g/mol. The first kappa shape index (κ1) is 14.3. The Morgan fingerprint density at radius 1 is 1.35 bits per heavy atom. The molecule has 0 N–H and O–H groups in total. The van der Waals surface area contributed by atoms with Crippen LogP contribution in [0.25, 0.3) is 0 Å². The van der Waals surface area contributed by atoms with Gasteiger partial charge in [0.05, 0.1) is 15.2 Å². The molecule has 0 aromatic heterocycles. The summed E-state index contributed by atoms with van der Waals surface area (Å²) in [5, 5.41) is 1.16. The van der Waals surface area contributed by atoms with E-state index in [1.807, 2.05) is 18.4 Å². The molecule has 0 spiro atoms. The van der Waals surface area contributed by atoms with Gasteiger partial charge in [-0.15, -0.1) is 11.8 Å². The Hall–Kier alpha value is -0.743. The molecule has 1 rings (SSSR count). The summed E-state index contributed by atoms with van der Waals surface area (Å²) < 4.78 is 4.83. The van der Waals surface area contributed by atoms with Gasteiger partial charge in [0.1, 0.15) is 5.25 Å². The van der Waals surface area contributed by atoms with Gasteiger partial charge in [-0.1, -0.05) is 49.1 Å². The van der Waals surface area contributed by atoms with Gasteiger partial charge in [-0.25, -0.2) is 0 Å². The first-order valence-corrected chi connectivity index (χ1v) is 10.4. The van der Waals surface area contributed by atoms with Crippen molar-refractivity contribution in [2.24, 2.45) is 0 Å². The number of thioether (sulfide) groups is 1. The van der Waals surface area contributed by atoms with Crippen molar-refractivity contribution in [2.75, 3.05) is 13.4 Å². The second-order valence-corrected chi connectivity index (χ2v) is 11.0. The van der Waals surface area contributed by atoms with Crippen LogP contribution in [0.5, 0.6) is 0 Å². The lowest BCUT2D eigenvalue weighted by Crippen LogP contribution is -2.37. The standard InChI is InChI=1S/C13H20O2SSi/c1-15-13(14)12(16-2)10-7-6-8-11(9-10)17(3,4)5/h6-9,12H,1-5H3. The predicted molar refractivity (Wildman–Crippen MR) is 77.7 cm³/mol. The van der Waals surface area contributed by atoms with Gasteiger partial charge < -0.3 is 4.74 Å². The summed E-state index contributed by atoms with van der Waals surface area (Å²) in [4.78, 5) is 11.7. The second-order valence-electron chi connectivity index (χ2n) is 5.01. The highest BCUT2D eigenvalue weighted by molar-refractivity contribution is 7.99. The molecule has 94 valence electrons. The van der Waals surface area contributed by atoms with Crippen LogP contribution >= 0.6 is 11.8 Å². The lowest BCUT2D eigenvalue weighted by atomic mass is 10.1. The van der Waals surface area contributed by atoms with Crippen LogP contribution in [-0.2, 0) is 9.53 Å². The van der Waals surface area contributed by atoms with Crippen LogP contribution in [0, 0.1) is 0 Å². The molecule has 4 heteroatoms. The zero-order chi connectivity index (χ0) is 13.1. The Kier molecular flexibility index (Phi) is 4.83. The third kappa shape index (κ3) is 3.61. The Morgan fingerprint density at radius 2 is 2.00 bits per heavy atom. The van der Waals surface area contributed by atoms with Crippen molar-refractivity contribution < 1.29 is 9.53 Å². The molecule has 0 aliphatic carbocycles. The Bertz CT molecular complexity index is 399. The first-order valence-electron chi connectivity index (χ1n) is 5.61. The molecule has 0 radical (unpaired) electrons. The number of rotatable bonds is 4. The highest BCUT2D eigenvalue weighted by atomic mass is 32.2. The van der Waals surface area contributed by atoms with E-state index >= 15 is 0 Å². The quantitative estimate of drug-likeness (QED) is 0.620. The number of benzene rings is 1. The van der Waals surface area contributed by atoms with E-state index in [1.165, 1.54) is 24.1 Å². The molecule has 1 unspecified atom stereocenters. The fourth-order valence-corrected chi connectivity index (χ4v) is 3.55. The molecule has 0 saturated heterocycles. The van der Waals surface area contributed by atoms with Crippen LogP contribution in [0.1, 0.15) is 10.8 Å². The number of carbonyl (C=O) groups is 1. The summed E-state index contributed by atoms with van der Waals surface area (Å²) in [6.45, 7) is 6.91. The van der Waals surface area contributed by atoms with E-state index in [0.717, 1.165) is 5.56 Å². The summed E-state index contributed by atoms with van der Waals surface area (Å²) in [7, 11) is 0.109. The van der Waals surface area contributed by atoms with Crippen molar-refractivity contribution in [2.45, 2.75) is 24.9 Å². The minimum Gasteiger partial charge on any atom is -0.468 e. The van der Waals surface area contributed by atoms with Crippen molar-refractivity contribution in [1.82, 2.24) is 0 Å². The zero-order valence-corrected chi connectivity index (χ0v) is 12.9. The van der Waals surface area contributed by atoms with E-state index in [2.05, 4.69) is 31.8 Å². The minimum atomic E-state index is -1.33. The van der Waals surface area contributed by atoms with Crippen molar-refractivity contribution in [3.05, 3.63) is 29.8 Å². The minimum absolute atomic E-state index is 0.176. The predicted octanol–water partition coefficient (Wildman–Crippen LogP) is 2.81. The van der Waals surface area contributed by atoms with Crippen LogP contribution in [-0.4, -0.2) is 27.4 Å². The maximum Gasteiger partial charge on any atom is 0.323 e. The highest BCUT2D eigenvalue weighted by Gasteiger charge is 2.23. The van der Waals surface area contributed by atoms with Gasteiger partial charge >= 0.3 is 5.97 Å². The Balaban J connectivity index is 3.10. The van der Waals surface area contributed by atoms with Gasteiger partial charge in [-0.3, -0.25) is 4.79 Å². The summed E-state index contributed by atoms with van der Waals surface area (Å²) in [5.74, 6) is -0.176. The van der Waals surface area contributed by atoms with Gasteiger partial charge in [0.2, 0.25) is 0 Å². The molecule has 1 aromatic carbocycles. The summed E-state index contributed by atoms with van der Waals surface area (Å²) in [6, 6.07) is 8.35. The Morgan fingerprint density at radius 3 is 2.47 bits per heavy atom. The summed E-state index contributed by atoms with van der Waals surface area (Å²) in [5.41, 5.74) is 1.05. The average Bonchev–Trinajstić information content (AvgIpc) is 2.29. The molecule has 0 fully saturated rings. The third-order valence-electron chi connectivity index (χ3n) is 2.71. The molecule has 0 aliphatic heterocycles. The van der Waals surface area contributed by atoms with Gasteiger partial charge in [-0.2, -0.15) is 0 Å². The molecule has 0 aliphatic rings. The fourth-order valence-electron chi connectivity index (χ4n) is 1.64. The normalized spacial score (nSPS) is 13.2. The fraction of sp³-hybridized carbons (Fsp3) is 0.462. The van der Waals surface area contributed by atoms with E-state index in [4.69, 9.17) is 4.74 Å². The lowest BCUT2D eigenvalue weighted by molar-refractivity contribution is -0.140. The topological polar surface area (TPSA) is 26.3 Å². The average molecular weight is 268 g/mol. The molecule has 2 nitrogen and oxygen atoms in total. The number of esters is 1. The van der Waals surface area contributed by atoms with Gasteiger partial charge in [0.15, 0.2) is 0 Å². The summed E-state index contributed by atoms with van der Waals surface area (Å²) >= 11 is 1.52. The molecule has 17 heavy (non-hydrogen) atoms. The van der Waals surface area contributed by atoms with Gasteiger partial charge in [-0.05, 0) is 11.8 Å². The van der Waals surface area contributed by atoms with Crippen LogP contribution in [0.2, 0.25) is 19.6 Å². The van der Waals surface area contributed by atoms with Crippen molar-refractivity contribution >= 4 is 31.0 Å². The maximum atomic E-state index is 11.7. The molecule has 1 atom stereocenters. The second kappa shape index (κ2) is 5.73. The van der Waals surface area contributed by atoms with E-state index in [9.17, 15) is 4.79 Å². The number of carbonyl (C=O) groups excluding carboxylic acids is 1. The van der Waals surface area contributed by atoms with Crippen molar-refractivity contribution in [1.29, 1.82) is 0 Å². The molecule has 1 aromatic rings. The highest BCUT2D eigenvalue weighted by Crippen LogP contribution is 2.27. The molecule has 0 heterocycles. The monoisotopic (exact) mass is 268 g/mol. The molecule has 0 amide bonds. The van der Waals surface area contributed by atoms with E-state index in [1.54, 1.807) is 0 Å². The van der Waals surface area contributed by atoms with Gasteiger partial charge in [0, 0.05) is 0 Å². The maximum absolute atomic E-state index is 11.7. The molecular formula is C13H20O2SSi. The summed E-state index contributed by atoms with van der Waals surface area (Å²) in [6.07, 6.45) is 1.93. The number of hydrogen-bond donors (Lipinski definition) is 0. The number of ether oxygens (including phenoxy) is 1. The van der Waals surface area contributed by atoms with E-state index in [-0.39, 0.29) is 11.2 Å². The van der Waals surface area contributed by atoms with E-state index < -0.39 is 8.07 Å². The smallest absolute Gasteiger partial charge is 0.323 e. The van der Waals surface area contributed by atoms with Gasteiger partial charge in [0.25, 0.3) is 0 Å². The Labute approximate surface area is 109 Å². The molecule has 0 saturated carbocycles. The number of methoxy groups -OCH3 is 1. The van der Waals surface area contributed by atoms with E-state index in [0.29, 0.717) is 0 Å². The first-order chi connectivity index (χ1) is 7.90. The lowest BCUT2D eigenvalue weighted by Gasteiger charge is -2.19. The number of hydrogen-bond acceptors (Lipinski definition) is 3. The largest absolute Gasteiger partial charge is 0.468 e. The SMILES string of the molecule is COC(=O)C(SC)c1cccc([Si](C)(C)C)c1. The molecule has 0 bridgehead atoms. The van der Waals surface area contributed by atoms with Crippen LogP contribution in [0.4, 0.5) is 0 Å². The van der Waals surface area contributed by atoms with Crippen LogP contribution in [0.15, 0.2) is 24.3 Å².